The molecule has 104 valence electrons. The summed E-state index contributed by atoms with van der Waals surface area (Å²) in [5, 5.41) is 4.12. The van der Waals surface area contributed by atoms with Crippen molar-refractivity contribution in [2.75, 3.05) is 20.4 Å². The van der Waals surface area contributed by atoms with E-state index in [2.05, 4.69) is 5.32 Å². The van der Waals surface area contributed by atoms with E-state index in [1.54, 1.807) is 13.2 Å². The fraction of sp³-hybridized carbons (Fsp3) is 0.571. The van der Waals surface area contributed by atoms with Crippen molar-refractivity contribution in [3.05, 3.63) is 16.7 Å². The lowest BCUT2D eigenvalue weighted by molar-refractivity contribution is 0.173. The quantitative estimate of drug-likeness (QED) is 0.926. The van der Waals surface area contributed by atoms with E-state index in [0.29, 0.717) is 16.8 Å². The second-order valence-electron chi connectivity index (χ2n) is 4.95. The molecule has 1 saturated heterocycles. The Kier molecular flexibility index (Phi) is 3.71. The molecule has 19 heavy (non-hydrogen) atoms. The van der Waals surface area contributed by atoms with Crippen LogP contribution in [0, 0.1) is 0 Å². The standard InChI is InChI=1S/C14H18ClNO3/c1-17-13-10(6-9-4-2-3-5-16-9)14-12(7-11(13)15)18-8-19-14/h7,9,16H,2-6,8H2,1H3. The van der Waals surface area contributed by atoms with Gasteiger partial charge in [0, 0.05) is 17.7 Å². The van der Waals surface area contributed by atoms with Gasteiger partial charge in [-0.2, -0.15) is 0 Å². The van der Waals surface area contributed by atoms with Crippen molar-refractivity contribution >= 4 is 11.6 Å². The lowest BCUT2D eigenvalue weighted by Gasteiger charge is -2.25. The van der Waals surface area contributed by atoms with Crippen LogP contribution in [0.3, 0.4) is 0 Å². The fourth-order valence-electron chi connectivity index (χ4n) is 2.81. The van der Waals surface area contributed by atoms with Crippen molar-refractivity contribution in [3.63, 3.8) is 0 Å². The predicted molar refractivity (Wildman–Crippen MR) is 73.5 cm³/mol. The third-order valence-corrected chi connectivity index (χ3v) is 4.01. The molecule has 0 radical (unpaired) electrons. The molecule has 3 rings (SSSR count). The van der Waals surface area contributed by atoms with Gasteiger partial charge in [0.25, 0.3) is 0 Å². The van der Waals surface area contributed by atoms with Crippen molar-refractivity contribution in [2.24, 2.45) is 0 Å². The van der Waals surface area contributed by atoms with Crippen LogP contribution in [0.2, 0.25) is 5.02 Å². The van der Waals surface area contributed by atoms with Gasteiger partial charge in [-0.15, -0.1) is 0 Å². The number of benzene rings is 1. The number of halogens is 1. The van der Waals surface area contributed by atoms with Gasteiger partial charge < -0.3 is 19.5 Å². The SMILES string of the molecule is COc1c(Cl)cc2c(c1CC1CCCCN1)OCO2. The molecule has 2 aliphatic rings. The largest absolute Gasteiger partial charge is 0.495 e. The maximum Gasteiger partial charge on any atom is 0.231 e. The molecule has 0 bridgehead atoms. The smallest absolute Gasteiger partial charge is 0.231 e. The van der Waals surface area contributed by atoms with E-state index in [4.69, 9.17) is 25.8 Å². The summed E-state index contributed by atoms with van der Waals surface area (Å²) in [4.78, 5) is 0. The molecular formula is C14H18ClNO3. The third kappa shape index (κ3) is 2.47. The van der Waals surface area contributed by atoms with Crippen molar-refractivity contribution in [3.8, 4) is 17.2 Å². The van der Waals surface area contributed by atoms with Gasteiger partial charge in [-0.05, 0) is 25.8 Å². The minimum Gasteiger partial charge on any atom is -0.495 e. The highest BCUT2D eigenvalue weighted by atomic mass is 35.5. The summed E-state index contributed by atoms with van der Waals surface area (Å²) >= 11 is 6.25. The second kappa shape index (κ2) is 5.47. The molecule has 5 heteroatoms. The topological polar surface area (TPSA) is 39.7 Å². The Morgan fingerprint density at radius 3 is 3.05 bits per heavy atom. The summed E-state index contributed by atoms with van der Waals surface area (Å²) in [5.41, 5.74) is 1.02. The molecule has 1 aromatic carbocycles. The highest BCUT2D eigenvalue weighted by Crippen LogP contribution is 2.46. The first-order valence-electron chi connectivity index (χ1n) is 6.68. The summed E-state index contributed by atoms with van der Waals surface area (Å²) < 4.78 is 16.5. The molecule has 1 N–H and O–H groups in total. The molecule has 1 aromatic rings. The number of rotatable bonds is 3. The zero-order valence-corrected chi connectivity index (χ0v) is 11.8. The Morgan fingerprint density at radius 1 is 1.42 bits per heavy atom. The van der Waals surface area contributed by atoms with E-state index in [1.807, 2.05) is 0 Å². The van der Waals surface area contributed by atoms with Crippen molar-refractivity contribution in [1.29, 1.82) is 0 Å². The minimum absolute atomic E-state index is 0.254. The van der Waals surface area contributed by atoms with E-state index in [-0.39, 0.29) is 6.79 Å². The van der Waals surface area contributed by atoms with Gasteiger partial charge in [0.15, 0.2) is 11.5 Å². The molecule has 0 aromatic heterocycles. The maximum atomic E-state index is 6.25. The van der Waals surface area contributed by atoms with Crippen LogP contribution >= 0.6 is 11.6 Å². The van der Waals surface area contributed by atoms with Gasteiger partial charge in [-0.3, -0.25) is 0 Å². The lowest BCUT2D eigenvalue weighted by Crippen LogP contribution is -2.35. The van der Waals surface area contributed by atoms with Gasteiger partial charge >= 0.3 is 0 Å². The van der Waals surface area contributed by atoms with Gasteiger partial charge in [-0.1, -0.05) is 18.0 Å². The Balaban J connectivity index is 1.93. The molecule has 0 saturated carbocycles. The molecule has 0 amide bonds. The van der Waals surface area contributed by atoms with Crippen molar-refractivity contribution in [1.82, 2.24) is 5.32 Å². The van der Waals surface area contributed by atoms with E-state index < -0.39 is 0 Å². The normalized spacial score (nSPS) is 21.5. The monoisotopic (exact) mass is 283 g/mol. The van der Waals surface area contributed by atoms with Gasteiger partial charge in [0.05, 0.1) is 12.1 Å². The Bertz CT molecular complexity index is 468. The number of fused-ring (bicyclic) bond motifs is 1. The molecule has 0 spiro atoms. The molecule has 1 atom stereocenters. The van der Waals surface area contributed by atoms with Crippen LogP contribution in [0.15, 0.2) is 6.07 Å². The molecule has 2 heterocycles. The predicted octanol–water partition coefficient (Wildman–Crippen LogP) is 2.76. The first kappa shape index (κ1) is 12.9. The summed E-state index contributed by atoms with van der Waals surface area (Å²) in [6.07, 6.45) is 4.54. The average Bonchev–Trinajstić information content (AvgIpc) is 2.88. The average molecular weight is 284 g/mol. The van der Waals surface area contributed by atoms with Crippen LogP contribution in [-0.4, -0.2) is 26.5 Å². The Labute approximate surface area is 118 Å². The molecular weight excluding hydrogens is 266 g/mol. The number of hydrogen-bond acceptors (Lipinski definition) is 4. The van der Waals surface area contributed by atoms with Crippen LogP contribution in [0.5, 0.6) is 17.2 Å². The summed E-state index contributed by atoms with van der Waals surface area (Å²) in [7, 11) is 1.64. The highest BCUT2D eigenvalue weighted by Gasteiger charge is 2.27. The summed E-state index contributed by atoms with van der Waals surface area (Å²) in [6.45, 7) is 1.33. The molecule has 2 aliphatic heterocycles. The lowest BCUT2D eigenvalue weighted by atomic mass is 9.96. The summed E-state index contributed by atoms with van der Waals surface area (Å²) in [6, 6.07) is 2.22. The van der Waals surface area contributed by atoms with E-state index in [9.17, 15) is 0 Å². The number of methoxy groups -OCH3 is 1. The third-order valence-electron chi connectivity index (χ3n) is 3.73. The van der Waals surface area contributed by atoms with Crippen molar-refractivity contribution < 1.29 is 14.2 Å². The van der Waals surface area contributed by atoms with Crippen LogP contribution in [0.25, 0.3) is 0 Å². The van der Waals surface area contributed by atoms with Crippen LogP contribution in [-0.2, 0) is 6.42 Å². The Hall–Kier alpha value is -1.13. The van der Waals surface area contributed by atoms with E-state index in [0.717, 1.165) is 30.0 Å². The number of hydrogen-bond donors (Lipinski definition) is 1. The van der Waals surface area contributed by atoms with Crippen LogP contribution in [0.1, 0.15) is 24.8 Å². The minimum atomic E-state index is 0.254. The first-order chi connectivity index (χ1) is 9.29. The first-order valence-corrected chi connectivity index (χ1v) is 7.05. The number of ether oxygens (including phenoxy) is 3. The van der Waals surface area contributed by atoms with Crippen LogP contribution in [0.4, 0.5) is 0 Å². The summed E-state index contributed by atoms with van der Waals surface area (Å²) in [5.74, 6) is 2.21. The zero-order chi connectivity index (χ0) is 13.2. The highest BCUT2D eigenvalue weighted by molar-refractivity contribution is 6.32. The maximum absolute atomic E-state index is 6.25. The van der Waals surface area contributed by atoms with Crippen molar-refractivity contribution in [2.45, 2.75) is 31.7 Å². The number of nitrogens with one attached hydrogen (secondary N) is 1. The molecule has 1 unspecified atom stereocenters. The van der Waals surface area contributed by atoms with E-state index in [1.165, 1.54) is 19.3 Å². The molecule has 1 fully saturated rings. The van der Waals surface area contributed by atoms with Gasteiger partial charge in [0.1, 0.15) is 5.75 Å². The van der Waals surface area contributed by atoms with Gasteiger partial charge in [-0.25, -0.2) is 0 Å². The fourth-order valence-corrected chi connectivity index (χ4v) is 3.10. The Morgan fingerprint density at radius 2 is 2.32 bits per heavy atom. The van der Waals surface area contributed by atoms with E-state index >= 15 is 0 Å². The zero-order valence-electron chi connectivity index (χ0n) is 11.0. The molecule has 4 nitrogen and oxygen atoms in total. The number of piperidine rings is 1. The second-order valence-corrected chi connectivity index (χ2v) is 5.36. The van der Waals surface area contributed by atoms with Gasteiger partial charge in [0.2, 0.25) is 6.79 Å². The molecule has 0 aliphatic carbocycles. The van der Waals surface area contributed by atoms with Crippen LogP contribution < -0.4 is 19.5 Å².